The van der Waals surface area contributed by atoms with E-state index >= 15 is 0 Å². The van der Waals surface area contributed by atoms with E-state index in [1.165, 1.54) is 18.2 Å². The number of carbonyl (C=O) groups is 1. The van der Waals surface area contributed by atoms with Crippen LogP contribution < -0.4 is 11.1 Å². The number of nitrogens with zero attached hydrogens (tertiary/aromatic N) is 2. The Morgan fingerprint density at radius 1 is 1.21 bits per heavy atom. The molecule has 6 nitrogen and oxygen atoms in total. The molecule has 28 heavy (non-hydrogen) atoms. The maximum atomic E-state index is 13.1. The van der Waals surface area contributed by atoms with E-state index in [-0.39, 0.29) is 33.9 Å². The number of halogens is 4. The van der Waals surface area contributed by atoms with Crippen molar-refractivity contribution in [3.8, 4) is 11.5 Å². The van der Waals surface area contributed by atoms with Gasteiger partial charge >= 0.3 is 6.18 Å². The first-order valence-corrected chi connectivity index (χ1v) is 8.79. The van der Waals surface area contributed by atoms with Gasteiger partial charge in [-0.05, 0) is 46.6 Å². The molecule has 0 aliphatic heterocycles. The van der Waals surface area contributed by atoms with Crippen molar-refractivity contribution in [2.24, 2.45) is 0 Å². The molecule has 0 spiro atoms. The molecule has 146 valence electrons. The Morgan fingerprint density at radius 3 is 2.57 bits per heavy atom. The number of aryl methyl sites for hydroxylation is 1. The third-order valence-corrected chi connectivity index (χ3v) is 4.57. The number of benzene rings is 1. The number of furan rings is 1. The van der Waals surface area contributed by atoms with Crippen molar-refractivity contribution in [2.45, 2.75) is 19.6 Å². The highest BCUT2D eigenvalue weighted by Crippen LogP contribution is 2.32. The zero-order valence-electron chi connectivity index (χ0n) is 14.5. The fourth-order valence-corrected chi connectivity index (χ4v) is 3.10. The number of hydrogen-bond donors (Lipinski definition) is 2. The van der Waals surface area contributed by atoms with Crippen molar-refractivity contribution in [3.05, 3.63) is 63.5 Å². The minimum absolute atomic E-state index is 0.0663. The molecule has 1 amide bonds. The largest absolute Gasteiger partial charge is 0.460 e. The topological polar surface area (TPSA) is 94.0 Å². The summed E-state index contributed by atoms with van der Waals surface area (Å²) in [6.45, 7) is 1.41. The molecule has 0 bridgehead atoms. The van der Waals surface area contributed by atoms with E-state index in [1.54, 1.807) is 19.1 Å². The molecule has 0 aliphatic rings. The van der Waals surface area contributed by atoms with Crippen LogP contribution in [-0.2, 0) is 12.7 Å². The third-order valence-electron chi connectivity index (χ3n) is 3.82. The average Bonchev–Trinajstić information content (AvgIpc) is 3.07. The third kappa shape index (κ3) is 4.16. The highest BCUT2D eigenvalue weighted by molar-refractivity contribution is 9.10. The van der Waals surface area contributed by atoms with E-state index in [2.05, 4.69) is 31.2 Å². The number of hydrogen-bond acceptors (Lipinski definition) is 5. The molecule has 0 atom stereocenters. The number of nitrogens with two attached hydrogens (primary N) is 1. The van der Waals surface area contributed by atoms with Crippen LogP contribution in [0.5, 0.6) is 0 Å². The van der Waals surface area contributed by atoms with Gasteiger partial charge in [0.1, 0.15) is 17.1 Å². The van der Waals surface area contributed by atoms with Crippen molar-refractivity contribution in [3.63, 3.8) is 0 Å². The predicted molar refractivity (Wildman–Crippen MR) is 99.2 cm³/mol. The second-order valence-corrected chi connectivity index (χ2v) is 6.63. The van der Waals surface area contributed by atoms with Gasteiger partial charge in [0.15, 0.2) is 5.76 Å². The SMILES string of the molecule is Cc1ccc(-c2nc(N)nc(C(=O)NCc3ccccc3C(F)(F)F)c2Br)o1. The zero-order chi connectivity index (χ0) is 20.5. The fourth-order valence-electron chi connectivity index (χ4n) is 2.55. The summed E-state index contributed by atoms with van der Waals surface area (Å²) >= 11 is 3.25. The molecular weight excluding hydrogens is 441 g/mol. The molecule has 3 N–H and O–H groups in total. The molecule has 0 aliphatic carbocycles. The first-order chi connectivity index (χ1) is 13.2. The van der Waals surface area contributed by atoms with E-state index in [0.717, 1.165) is 6.07 Å². The quantitative estimate of drug-likeness (QED) is 0.611. The monoisotopic (exact) mass is 454 g/mol. The van der Waals surface area contributed by atoms with Gasteiger partial charge in [0, 0.05) is 6.54 Å². The number of rotatable bonds is 4. The van der Waals surface area contributed by atoms with Gasteiger partial charge in [-0.3, -0.25) is 4.79 Å². The minimum Gasteiger partial charge on any atom is -0.460 e. The zero-order valence-corrected chi connectivity index (χ0v) is 16.1. The predicted octanol–water partition coefficient (Wildman–Crippen LogP) is 4.34. The molecule has 0 saturated carbocycles. The Morgan fingerprint density at radius 2 is 1.93 bits per heavy atom. The normalized spacial score (nSPS) is 11.5. The van der Waals surface area contributed by atoms with Crippen molar-refractivity contribution in [2.75, 3.05) is 5.73 Å². The Balaban J connectivity index is 1.87. The molecule has 10 heteroatoms. The number of alkyl halides is 3. The van der Waals surface area contributed by atoms with E-state index in [1.807, 2.05) is 0 Å². The van der Waals surface area contributed by atoms with Gasteiger partial charge in [0.2, 0.25) is 5.95 Å². The molecule has 0 radical (unpaired) electrons. The summed E-state index contributed by atoms with van der Waals surface area (Å²) in [7, 11) is 0. The number of anilines is 1. The summed E-state index contributed by atoms with van der Waals surface area (Å²) in [4.78, 5) is 20.5. The summed E-state index contributed by atoms with van der Waals surface area (Å²) < 4.78 is 45.0. The lowest BCUT2D eigenvalue weighted by molar-refractivity contribution is -0.138. The molecule has 2 aromatic heterocycles. The molecule has 3 aromatic rings. The lowest BCUT2D eigenvalue weighted by Gasteiger charge is -2.14. The van der Waals surface area contributed by atoms with Crippen LogP contribution in [-0.4, -0.2) is 15.9 Å². The molecule has 1 aromatic carbocycles. The maximum absolute atomic E-state index is 13.1. The van der Waals surface area contributed by atoms with Crippen LogP contribution in [0, 0.1) is 6.92 Å². The first kappa shape index (κ1) is 19.9. The van der Waals surface area contributed by atoms with E-state index < -0.39 is 17.6 Å². The summed E-state index contributed by atoms with van der Waals surface area (Å²) in [5.41, 5.74) is 4.96. The van der Waals surface area contributed by atoms with Gasteiger partial charge in [-0.2, -0.15) is 13.2 Å². The van der Waals surface area contributed by atoms with E-state index in [9.17, 15) is 18.0 Å². The highest BCUT2D eigenvalue weighted by Gasteiger charge is 2.33. The second-order valence-electron chi connectivity index (χ2n) is 5.84. The van der Waals surface area contributed by atoms with Gasteiger partial charge in [-0.15, -0.1) is 0 Å². The average molecular weight is 455 g/mol. The number of nitrogen functional groups attached to an aromatic ring is 1. The summed E-state index contributed by atoms with van der Waals surface area (Å²) in [5, 5.41) is 2.43. The molecule has 3 rings (SSSR count). The second kappa shape index (κ2) is 7.63. The van der Waals surface area contributed by atoms with Gasteiger partial charge < -0.3 is 15.5 Å². The lowest BCUT2D eigenvalue weighted by Crippen LogP contribution is -2.26. The minimum atomic E-state index is -4.52. The Bertz CT molecular complexity index is 1030. The molecule has 0 unspecified atom stereocenters. The fraction of sp³-hybridized carbons (Fsp3) is 0.167. The Labute approximate surface area is 166 Å². The number of aromatic nitrogens is 2. The molecule has 0 saturated heterocycles. The van der Waals surface area contributed by atoms with Crippen LogP contribution in [0.2, 0.25) is 0 Å². The van der Waals surface area contributed by atoms with Crippen molar-refractivity contribution in [1.82, 2.24) is 15.3 Å². The standard InChI is InChI=1S/C18H14BrF3N4O2/c1-9-6-7-12(28-9)14-13(19)15(26-17(23)25-14)16(27)24-8-10-4-2-3-5-11(10)18(20,21)22/h2-7H,8H2,1H3,(H,24,27)(H2,23,25,26). The maximum Gasteiger partial charge on any atom is 0.416 e. The first-order valence-electron chi connectivity index (χ1n) is 8.00. The number of amides is 1. The van der Waals surface area contributed by atoms with Crippen LogP contribution in [0.1, 0.15) is 27.4 Å². The van der Waals surface area contributed by atoms with Crippen molar-refractivity contribution < 1.29 is 22.4 Å². The summed E-state index contributed by atoms with van der Waals surface area (Å²) in [6, 6.07) is 8.37. The molecule has 0 fully saturated rings. The lowest BCUT2D eigenvalue weighted by atomic mass is 10.1. The van der Waals surface area contributed by atoms with Crippen LogP contribution in [0.4, 0.5) is 19.1 Å². The van der Waals surface area contributed by atoms with Crippen LogP contribution in [0.25, 0.3) is 11.5 Å². The van der Waals surface area contributed by atoms with Gasteiger partial charge in [0.05, 0.1) is 10.0 Å². The molecular formula is C18H14BrF3N4O2. The van der Waals surface area contributed by atoms with Crippen LogP contribution >= 0.6 is 15.9 Å². The van der Waals surface area contributed by atoms with Crippen molar-refractivity contribution >= 4 is 27.8 Å². The van der Waals surface area contributed by atoms with Crippen LogP contribution in [0.15, 0.2) is 45.3 Å². The Hall–Kier alpha value is -2.88. The van der Waals surface area contributed by atoms with E-state index in [0.29, 0.717) is 11.5 Å². The number of carbonyl (C=O) groups excluding carboxylic acids is 1. The smallest absolute Gasteiger partial charge is 0.416 e. The van der Waals surface area contributed by atoms with Crippen molar-refractivity contribution in [1.29, 1.82) is 0 Å². The summed E-state index contributed by atoms with van der Waals surface area (Å²) in [6.07, 6.45) is -4.52. The summed E-state index contributed by atoms with van der Waals surface area (Å²) in [5.74, 6) is 0.124. The highest BCUT2D eigenvalue weighted by atomic mass is 79.9. The number of nitrogens with one attached hydrogen (secondary N) is 1. The molecule has 2 heterocycles. The van der Waals surface area contributed by atoms with Gasteiger partial charge in [-0.1, -0.05) is 18.2 Å². The van der Waals surface area contributed by atoms with Gasteiger partial charge in [-0.25, -0.2) is 9.97 Å². The Kier molecular flexibility index (Phi) is 5.41. The van der Waals surface area contributed by atoms with Gasteiger partial charge in [0.25, 0.3) is 5.91 Å². The van der Waals surface area contributed by atoms with E-state index in [4.69, 9.17) is 10.2 Å². The van der Waals surface area contributed by atoms with Crippen LogP contribution in [0.3, 0.4) is 0 Å².